The highest BCUT2D eigenvalue weighted by Gasteiger charge is 2.21. The van der Waals surface area contributed by atoms with E-state index >= 15 is 4.39 Å². The average molecular weight is 512 g/mol. The molecule has 6 aromatic rings. The Morgan fingerprint density at radius 3 is 2.78 bits per heavy atom. The van der Waals surface area contributed by atoms with E-state index in [0.29, 0.717) is 39.2 Å². The Balaban J connectivity index is 1.40. The fraction of sp³-hybridized carbons (Fsp3) is 0.214. The molecule has 0 radical (unpaired) electrons. The largest absolute Gasteiger partial charge is 0.384 e. The number of aromatic nitrogens is 6. The fourth-order valence-corrected chi connectivity index (χ4v) is 5.14. The van der Waals surface area contributed by atoms with Crippen LogP contribution in [0.2, 0.25) is 0 Å². The minimum Gasteiger partial charge on any atom is -0.384 e. The van der Waals surface area contributed by atoms with Crippen LogP contribution in [0.5, 0.6) is 0 Å². The molecule has 0 aliphatic rings. The van der Waals surface area contributed by atoms with Crippen LogP contribution in [0.4, 0.5) is 10.1 Å². The van der Waals surface area contributed by atoms with Crippen LogP contribution in [-0.2, 0) is 0 Å². The van der Waals surface area contributed by atoms with Gasteiger partial charge in [-0.3, -0.25) is 10.1 Å². The molecule has 3 N–H and O–H groups in total. The van der Waals surface area contributed by atoms with Gasteiger partial charge in [-0.25, -0.2) is 14.4 Å². The van der Waals surface area contributed by atoms with Crippen LogP contribution >= 0.6 is 11.3 Å². The lowest BCUT2D eigenvalue weighted by molar-refractivity contribution is 0.390. The molecular formula is C28H26FN7S. The quantitative estimate of drug-likeness (QED) is 0.218. The van der Waals surface area contributed by atoms with Crippen molar-refractivity contribution in [2.24, 2.45) is 5.41 Å². The predicted molar refractivity (Wildman–Crippen MR) is 148 cm³/mol. The lowest BCUT2D eigenvalue weighted by Gasteiger charge is -2.18. The van der Waals surface area contributed by atoms with Gasteiger partial charge in [0.15, 0.2) is 11.5 Å². The number of pyridine rings is 2. The number of H-pyrrole nitrogens is 2. The first-order valence-electron chi connectivity index (χ1n) is 12.1. The highest BCUT2D eigenvalue weighted by atomic mass is 32.1. The number of hydrogen-bond acceptors (Lipinski definition) is 6. The summed E-state index contributed by atoms with van der Waals surface area (Å²) in [6.07, 6.45) is 6.20. The van der Waals surface area contributed by atoms with Gasteiger partial charge in [0.1, 0.15) is 17.0 Å². The molecule has 0 fully saturated rings. The molecule has 7 nitrogen and oxygen atoms in total. The summed E-state index contributed by atoms with van der Waals surface area (Å²) in [6, 6.07) is 11.5. The van der Waals surface area contributed by atoms with Crippen LogP contribution in [0.3, 0.4) is 0 Å². The number of rotatable bonds is 6. The van der Waals surface area contributed by atoms with E-state index in [9.17, 15) is 0 Å². The van der Waals surface area contributed by atoms with Gasteiger partial charge in [0.25, 0.3) is 0 Å². The number of thiophene rings is 1. The van der Waals surface area contributed by atoms with Gasteiger partial charge in [0, 0.05) is 46.7 Å². The van der Waals surface area contributed by atoms with E-state index in [2.05, 4.69) is 51.2 Å². The zero-order valence-corrected chi connectivity index (χ0v) is 21.6. The predicted octanol–water partition coefficient (Wildman–Crippen LogP) is 7.28. The molecule has 0 aliphatic heterocycles. The third-order valence-corrected chi connectivity index (χ3v) is 7.22. The molecule has 0 unspecified atom stereocenters. The van der Waals surface area contributed by atoms with Crippen LogP contribution in [0.15, 0.2) is 60.4 Å². The van der Waals surface area contributed by atoms with Crippen LogP contribution in [0, 0.1) is 11.2 Å². The Morgan fingerprint density at radius 1 is 1.08 bits per heavy atom. The zero-order chi connectivity index (χ0) is 25.6. The van der Waals surface area contributed by atoms with Crippen molar-refractivity contribution in [2.45, 2.75) is 27.2 Å². The number of nitrogens with zero attached hydrogens (tertiary/aromatic N) is 4. The maximum atomic E-state index is 16.1. The lowest BCUT2D eigenvalue weighted by atomic mass is 9.92. The van der Waals surface area contributed by atoms with Gasteiger partial charge >= 0.3 is 0 Å². The van der Waals surface area contributed by atoms with Crippen LogP contribution in [0.25, 0.3) is 55.2 Å². The smallest absolute Gasteiger partial charge is 0.161 e. The van der Waals surface area contributed by atoms with Gasteiger partial charge in [0.2, 0.25) is 0 Å². The number of hydrogen-bond donors (Lipinski definition) is 3. The monoisotopic (exact) mass is 511 g/mol. The first-order valence-corrected chi connectivity index (χ1v) is 13.0. The molecule has 0 spiro atoms. The van der Waals surface area contributed by atoms with Crippen molar-refractivity contribution in [1.29, 1.82) is 0 Å². The van der Waals surface area contributed by atoms with E-state index in [-0.39, 0.29) is 11.2 Å². The minimum absolute atomic E-state index is 0.226. The van der Waals surface area contributed by atoms with Crippen LogP contribution in [0.1, 0.15) is 27.2 Å². The summed E-state index contributed by atoms with van der Waals surface area (Å²) in [6.45, 7) is 7.43. The maximum absolute atomic E-state index is 16.1. The number of aromatic amines is 2. The molecule has 186 valence electrons. The number of imidazole rings is 1. The molecule has 9 heteroatoms. The number of benzene rings is 1. The van der Waals surface area contributed by atoms with Crippen molar-refractivity contribution in [2.75, 3.05) is 11.9 Å². The summed E-state index contributed by atoms with van der Waals surface area (Å²) >= 11 is 1.63. The molecule has 0 bridgehead atoms. The summed E-state index contributed by atoms with van der Waals surface area (Å²) in [5.74, 6) is 0.0892. The number of halogens is 1. The van der Waals surface area contributed by atoms with Gasteiger partial charge in [-0.15, -0.1) is 11.3 Å². The van der Waals surface area contributed by atoms with Crippen LogP contribution < -0.4 is 5.32 Å². The highest BCUT2D eigenvalue weighted by Crippen LogP contribution is 2.36. The van der Waals surface area contributed by atoms with Crippen molar-refractivity contribution in [3.8, 4) is 33.1 Å². The molecule has 37 heavy (non-hydrogen) atoms. The number of anilines is 1. The third-order valence-electron chi connectivity index (χ3n) is 6.32. The Bertz CT molecular complexity index is 1710. The molecule has 1 aromatic carbocycles. The molecule has 5 heterocycles. The van der Waals surface area contributed by atoms with Crippen molar-refractivity contribution in [3.63, 3.8) is 0 Å². The first kappa shape index (κ1) is 23.3. The topological polar surface area (TPSA) is 95.2 Å². The zero-order valence-electron chi connectivity index (χ0n) is 20.8. The van der Waals surface area contributed by atoms with Crippen LogP contribution in [-0.4, -0.2) is 36.7 Å². The van der Waals surface area contributed by atoms with Gasteiger partial charge < -0.3 is 10.3 Å². The first-order chi connectivity index (χ1) is 17.9. The molecular weight excluding hydrogens is 485 g/mol. The normalized spacial score (nSPS) is 12.0. The third kappa shape index (κ3) is 4.46. The Hall–Kier alpha value is -4.11. The molecule has 0 amide bonds. The van der Waals surface area contributed by atoms with E-state index < -0.39 is 0 Å². The fourth-order valence-electron chi connectivity index (χ4n) is 4.39. The summed E-state index contributed by atoms with van der Waals surface area (Å²) < 4.78 is 16.1. The number of nitrogens with one attached hydrogen (secondary N) is 3. The molecule has 0 saturated heterocycles. The summed E-state index contributed by atoms with van der Waals surface area (Å²) in [4.78, 5) is 17.9. The number of fused-ring (bicyclic) bond motifs is 2. The molecule has 0 aliphatic carbocycles. The summed E-state index contributed by atoms with van der Waals surface area (Å²) in [5.41, 5.74) is 5.58. The van der Waals surface area contributed by atoms with Gasteiger partial charge in [-0.1, -0.05) is 26.8 Å². The van der Waals surface area contributed by atoms with E-state index in [1.807, 2.05) is 35.7 Å². The average Bonchev–Trinajstić information content (AvgIpc) is 3.62. The van der Waals surface area contributed by atoms with E-state index in [0.717, 1.165) is 34.6 Å². The molecule has 6 rings (SSSR count). The molecule has 0 atom stereocenters. The van der Waals surface area contributed by atoms with Crippen molar-refractivity contribution in [3.05, 3.63) is 66.2 Å². The van der Waals surface area contributed by atoms with Gasteiger partial charge in [-0.2, -0.15) is 5.10 Å². The standard InChI is InChI=1S/C28H26FN7S/c1-28(2,3)9-11-31-17-13-16(14-30-15-17)18-6-7-20-22(23(18)29)25(36-35-20)27-33-24-19(21-5-4-12-37-21)8-10-32-26(24)34-27/h4-8,10,12-15,31H,9,11H2,1-3H3,(H,35,36)(H,32,33,34). The lowest BCUT2D eigenvalue weighted by Crippen LogP contribution is -2.12. The second-order valence-corrected chi connectivity index (χ2v) is 11.2. The highest BCUT2D eigenvalue weighted by molar-refractivity contribution is 7.13. The van der Waals surface area contributed by atoms with E-state index in [1.54, 1.807) is 36.0 Å². The SMILES string of the molecule is CC(C)(C)CCNc1cncc(-c2ccc3[nH]nc(-c4nc5c(-c6cccs6)ccnc5[nH]4)c3c2F)c1. The van der Waals surface area contributed by atoms with E-state index in [1.165, 1.54) is 0 Å². The molecule has 0 saturated carbocycles. The Kier molecular flexibility index (Phi) is 5.72. The van der Waals surface area contributed by atoms with E-state index in [4.69, 9.17) is 4.98 Å². The second-order valence-electron chi connectivity index (χ2n) is 10.2. The maximum Gasteiger partial charge on any atom is 0.161 e. The summed E-state index contributed by atoms with van der Waals surface area (Å²) in [7, 11) is 0. The van der Waals surface area contributed by atoms with Gasteiger partial charge in [-0.05, 0) is 47.5 Å². The Labute approximate surface area is 217 Å². The minimum atomic E-state index is -0.373. The van der Waals surface area contributed by atoms with Gasteiger partial charge in [0.05, 0.1) is 16.6 Å². The second kappa shape index (κ2) is 9.08. The van der Waals surface area contributed by atoms with Crippen molar-refractivity contribution >= 4 is 39.1 Å². The van der Waals surface area contributed by atoms with Crippen molar-refractivity contribution < 1.29 is 4.39 Å². The Morgan fingerprint density at radius 2 is 1.97 bits per heavy atom. The summed E-state index contributed by atoms with van der Waals surface area (Å²) in [5, 5.41) is 13.2. The van der Waals surface area contributed by atoms with Crippen molar-refractivity contribution in [1.82, 2.24) is 30.1 Å². The molecule has 5 aromatic heterocycles.